The zero-order valence-corrected chi connectivity index (χ0v) is 25.4. The molecule has 0 fully saturated rings. The Bertz CT molecular complexity index is 1700. The van der Waals surface area contributed by atoms with E-state index < -0.39 is 6.10 Å². The van der Waals surface area contributed by atoms with Crippen LogP contribution in [0.2, 0.25) is 0 Å². The number of amides is 2. The van der Waals surface area contributed by atoms with E-state index in [0.29, 0.717) is 46.7 Å². The van der Waals surface area contributed by atoms with Gasteiger partial charge in [0.05, 0.1) is 27.8 Å². The van der Waals surface area contributed by atoms with E-state index in [1.54, 1.807) is 18.2 Å². The summed E-state index contributed by atoms with van der Waals surface area (Å²) in [6, 6.07) is 10.7. The highest BCUT2D eigenvalue weighted by molar-refractivity contribution is 6.22. The van der Waals surface area contributed by atoms with E-state index in [9.17, 15) is 19.5 Å². The van der Waals surface area contributed by atoms with Crippen LogP contribution in [0.4, 0.5) is 5.69 Å². The Morgan fingerprint density at radius 1 is 1.07 bits per heavy atom. The van der Waals surface area contributed by atoms with Crippen molar-refractivity contribution in [3.8, 4) is 17.1 Å². The zero-order chi connectivity index (χ0) is 31.1. The lowest BCUT2D eigenvalue weighted by atomic mass is 9.92. The fourth-order valence-corrected chi connectivity index (χ4v) is 5.68. The van der Waals surface area contributed by atoms with Crippen LogP contribution in [0.3, 0.4) is 0 Å². The molecule has 11 heteroatoms. The van der Waals surface area contributed by atoms with Crippen molar-refractivity contribution in [3.63, 3.8) is 0 Å². The predicted molar refractivity (Wildman–Crippen MR) is 166 cm³/mol. The van der Waals surface area contributed by atoms with Crippen molar-refractivity contribution < 1.29 is 19.4 Å². The summed E-state index contributed by atoms with van der Waals surface area (Å²) in [5.74, 6) is 0.276. The van der Waals surface area contributed by atoms with Crippen LogP contribution in [0, 0.1) is 19.3 Å². The SMILES string of the molecule is Cc1ccc(OC[C@H](O)CNc2cc[nH]c(=O)c2-c2nc3cc4c(cc3[nH]2)C(=O)N(CC(C)(C)CN(C)C)C4=O)c(C)c1. The molecule has 0 spiro atoms. The Balaban J connectivity index is 1.34. The first kappa shape index (κ1) is 30.0. The van der Waals surface area contributed by atoms with E-state index in [0.717, 1.165) is 11.1 Å². The first-order valence-electron chi connectivity index (χ1n) is 14.2. The summed E-state index contributed by atoms with van der Waals surface area (Å²) < 4.78 is 5.79. The Morgan fingerprint density at radius 3 is 2.49 bits per heavy atom. The molecular weight excluding hydrogens is 548 g/mol. The highest BCUT2D eigenvalue weighted by Gasteiger charge is 2.39. The number of hydrogen-bond acceptors (Lipinski definition) is 8. The Kier molecular flexibility index (Phi) is 8.13. The maximum Gasteiger partial charge on any atom is 0.261 e. The molecule has 5 rings (SSSR count). The second kappa shape index (κ2) is 11.7. The lowest BCUT2D eigenvalue weighted by Gasteiger charge is -2.31. The van der Waals surface area contributed by atoms with E-state index in [4.69, 9.17) is 4.74 Å². The number of ether oxygens (including phenoxy) is 1. The molecular formula is C32H38N6O5. The smallest absolute Gasteiger partial charge is 0.261 e. The molecule has 0 aliphatic carbocycles. The summed E-state index contributed by atoms with van der Waals surface area (Å²) >= 11 is 0. The number of pyridine rings is 1. The summed E-state index contributed by atoms with van der Waals surface area (Å²) in [5.41, 5.74) is 3.72. The van der Waals surface area contributed by atoms with Gasteiger partial charge in [-0.3, -0.25) is 19.3 Å². The molecule has 2 amide bonds. The fourth-order valence-electron chi connectivity index (χ4n) is 5.68. The van der Waals surface area contributed by atoms with Gasteiger partial charge in [-0.15, -0.1) is 0 Å². The summed E-state index contributed by atoms with van der Waals surface area (Å²) in [6.07, 6.45) is 0.655. The number of hydrogen-bond donors (Lipinski definition) is 4. The van der Waals surface area contributed by atoms with Crippen molar-refractivity contribution in [3.05, 3.63) is 75.2 Å². The van der Waals surface area contributed by atoms with E-state index in [1.165, 1.54) is 11.1 Å². The summed E-state index contributed by atoms with van der Waals surface area (Å²) in [4.78, 5) is 53.2. The monoisotopic (exact) mass is 586 g/mol. The van der Waals surface area contributed by atoms with E-state index in [1.807, 2.05) is 64.9 Å². The van der Waals surface area contributed by atoms with Crippen molar-refractivity contribution >= 4 is 28.5 Å². The number of aliphatic hydroxyl groups excluding tert-OH is 1. The van der Waals surface area contributed by atoms with Gasteiger partial charge < -0.3 is 30.0 Å². The highest BCUT2D eigenvalue weighted by Crippen LogP contribution is 2.32. The van der Waals surface area contributed by atoms with Crippen LogP contribution in [-0.2, 0) is 0 Å². The Hall–Kier alpha value is -4.48. The number of imidazole rings is 1. The molecule has 2 aromatic carbocycles. The lowest BCUT2D eigenvalue weighted by Crippen LogP contribution is -2.42. The van der Waals surface area contributed by atoms with Gasteiger partial charge in [-0.2, -0.15) is 0 Å². The predicted octanol–water partition coefficient (Wildman–Crippen LogP) is 3.57. The van der Waals surface area contributed by atoms with Gasteiger partial charge in [-0.25, -0.2) is 4.98 Å². The molecule has 1 aliphatic heterocycles. The topological polar surface area (TPSA) is 144 Å². The average Bonchev–Trinajstić information content (AvgIpc) is 3.43. The number of nitrogens with one attached hydrogen (secondary N) is 3. The number of aromatic amines is 2. The van der Waals surface area contributed by atoms with Gasteiger partial charge in [0.25, 0.3) is 17.4 Å². The van der Waals surface area contributed by atoms with Gasteiger partial charge in [0.2, 0.25) is 0 Å². The first-order chi connectivity index (χ1) is 20.3. The van der Waals surface area contributed by atoms with Gasteiger partial charge in [0.1, 0.15) is 29.8 Å². The number of anilines is 1. The van der Waals surface area contributed by atoms with Crippen molar-refractivity contribution in [2.45, 2.75) is 33.8 Å². The number of H-pyrrole nitrogens is 2. The molecule has 1 atom stereocenters. The molecule has 0 bridgehead atoms. The number of aryl methyl sites for hydroxylation is 2. The molecule has 226 valence electrons. The number of carbonyl (C=O) groups excluding carboxylic acids is 2. The summed E-state index contributed by atoms with van der Waals surface area (Å²) in [6.45, 7) is 9.20. The summed E-state index contributed by atoms with van der Waals surface area (Å²) in [7, 11) is 3.91. The number of fused-ring (bicyclic) bond motifs is 2. The van der Waals surface area contributed by atoms with Crippen LogP contribution in [0.25, 0.3) is 22.4 Å². The largest absolute Gasteiger partial charge is 0.491 e. The molecule has 0 saturated heterocycles. The average molecular weight is 587 g/mol. The maximum absolute atomic E-state index is 13.3. The van der Waals surface area contributed by atoms with Crippen molar-refractivity contribution in [2.75, 3.05) is 45.7 Å². The second-order valence-electron chi connectivity index (χ2n) is 12.3. The minimum absolute atomic E-state index is 0.0665. The van der Waals surface area contributed by atoms with Crippen LogP contribution < -0.4 is 15.6 Å². The zero-order valence-electron chi connectivity index (χ0n) is 25.4. The number of imide groups is 1. The third-order valence-corrected chi connectivity index (χ3v) is 7.39. The van der Waals surface area contributed by atoms with Gasteiger partial charge in [0, 0.05) is 25.8 Å². The molecule has 43 heavy (non-hydrogen) atoms. The molecule has 11 nitrogen and oxygen atoms in total. The van der Waals surface area contributed by atoms with E-state index in [2.05, 4.69) is 20.3 Å². The number of aromatic nitrogens is 3. The van der Waals surface area contributed by atoms with Gasteiger partial charge >= 0.3 is 0 Å². The lowest BCUT2D eigenvalue weighted by molar-refractivity contribution is 0.0570. The molecule has 4 aromatic rings. The van der Waals surface area contributed by atoms with E-state index >= 15 is 0 Å². The van der Waals surface area contributed by atoms with Crippen LogP contribution in [-0.4, -0.2) is 88.1 Å². The van der Waals surface area contributed by atoms with Crippen molar-refractivity contribution in [1.82, 2.24) is 24.8 Å². The van der Waals surface area contributed by atoms with Gasteiger partial charge in [0.15, 0.2) is 0 Å². The minimum Gasteiger partial charge on any atom is -0.491 e. The summed E-state index contributed by atoms with van der Waals surface area (Å²) in [5, 5.41) is 13.7. The van der Waals surface area contributed by atoms with Crippen LogP contribution in [0.1, 0.15) is 45.7 Å². The molecule has 3 heterocycles. The quantitative estimate of drug-likeness (QED) is 0.195. The third-order valence-electron chi connectivity index (χ3n) is 7.39. The number of benzene rings is 2. The third kappa shape index (κ3) is 6.32. The van der Waals surface area contributed by atoms with Crippen LogP contribution in [0.15, 0.2) is 47.4 Å². The molecule has 0 saturated carbocycles. The fraction of sp³-hybridized carbons (Fsp3) is 0.375. The molecule has 0 radical (unpaired) electrons. The van der Waals surface area contributed by atoms with Crippen molar-refractivity contribution in [1.29, 1.82) is 0 Å². The molecule has 4 N–H and O–H groups in total. The van der Waals surface area contributed by atoms with Crippen LogP contribution >= 0.6 is 0 Å². The number of nitrogens with zero attached hydrogens (tertiary/aromatic N) is 3. The highest BCUT2D eigenvalue weighted by atomic mass is 16.5. The normalized spacial score (nSPS) is 14.1. The van der Waals surface area contributed by atoms with Crippen molar-refractivity contribution in [2.24, 2.45) is 5.41 Å². The maximum atomic E-state index is 13.3. The number of rotatable bonds is 11. The Morgan fingerprint density at radius 2 is 1.79 bits per heavy atom. The standard InChI is InChI=1S/C32H38N6O5/c1-18-7-8-26(19(2)11-18)43-15-20(39)14-34-23-9-10-33-29(40)27(23)28-35-24-12-21-22(13-25(24)36-28)31(42)38(30(21)41)17-32(3,4)16-37(5)6/h7-13,20,39H,14-17H2,1-6H3,(H,35,36)(H2,33,34,40)/t20-/m1/s1. The number of carbonyl (C=O) groups is 2. The van der Waals surface area contributed by atoms with Gasteiger partial charge in [-0.1, -0.05) is 31.5 Å². The minimum atomic E-state index is -0.853. The van der Waals surface area contributed by atoms with E-state index in [-0.39, 0.29) is 47.3 Å². The second-order valence-corrected chi connectivity index (χ2v) is 12.3. The number of aliphatic hydroxyl groups is 1. The first-order valence-corrected chi connectivity index (χ1v) is 14.2. The molecule has 0 unspecified atom stereocenters. The van der Waals surface area contributed by atoms with Gasteiger partial charge in [-0.05, 0) is 63.2 Å². The Labute approximate surface area is 249 Å². The van der Waals surface area contributed by atoms with Crippen LogP contribution in [0.5, 0.6) is 5.75 Å². The molecule has 2 aromatic heterocycles. The molecule has 1 aliphatic rings.